The summed E-state index contributed by atoms with van der Waals surface area (Å²) < 4.78 is 0. The van der Waals surface area contributed by atoms with E-state index in [1.807, 2.05) is 0 Å². The maximum absolute atomic E-state index is 3.51. The number of hydrogen-bond acceptors (Lipinski definition) is 2. The van der Waals surface area contributed by atoms with Crippen LogP contribution in [0.4, 0.5) is 0 Å². The molecule has 0 saturated carbocycles. The van der Waals surface area contributed by atoms with Crippen LogP contribution in [0.15, 0.2) is 12.4 Å². The molecule has 0 aromatic heterocycles. The summed E-state index contributed by atoms with van der Waals surface area (Å²) in [4.78, 5) is 4.53. The second-order valence-electron chi connectivity index (χ2n) is 9.15. The topological polar surface area (TPSA) is 6.48 Å². The molecule has 2 radical (unpaired) electrons. The first-order chi connectivity index (χ1) is 14.4. The van der Waals surface area contributed by atoms with Crippen molar-refractivity contribution in [2.75, 3.05) is 13.1 Å². The lowest BCUT2D eigenvalue weighted by molar-refractivity contribution is 0.330. The number of hydrogen-bond donors (Lipinski definition) is 0. The molecule has 170 valence electrons. The summed E-state index contributed by atoms with van der Waals surface area (Å²) in [6.45, 7) is 10.4. The highest BCUT2D eigenvalue weighted by Crippen LogP contribution is 2.16. The van der Waals surface area contributed by atoms with Crippen LogP contribution in [0, 0.1) is 6.67 Å². The Kier molecular flexibility index (Phi) is 18.7. The van der Waals surface area contributed by atoms with Crippen molar-refractivity contribution in [3.8, 4) is 0 Å². The van der Waals surface area contributed by atoms with Crippen molar-refractivity contribution < 1.29 is 0 Å². The highest BCUT2D eigenvalue weighted by atomic mass is 15.3. The first kappa shape index (κ1) is 26.4. The van der Waals surface area contributed by atoms with Crippen molar-refractivity contribution in [1.82, 2.24) is 9.80 Å². The van der Waals surface area contributed by atoms with Gasteiger partial charge >= 0.3 is 0 Å². The molecule has 0 saturated heterocycles. The van der Waals surface area contributed by atoms with E-state index in [9.17, 15) is 0 Å². The Morgan fingerprint density at radius 2 is 0.690 bits per heavy atom. The lowest BCUT2D eigenvalue weighted by Crippen LogP contribution is -2.21. The molecule has 0 fully saturated rings. The molecule has 0 bridgehead atoms. The maximum Gasteiger partial charge on any atom is 0.207 e. The lowest BCUT2D eigenvalue weighted by atomic mass is 10.1. The molecule has 1 rings (SSSR count). The minimum atomic E-state index is 1.14. The Balaban J connectivity index is 1.80. The number of unbranched alkanes of at least 4 members (excludes halogenated alkanes) is 18. The van der Waals surface area contributed by atoms with Gasteiger partial charge in [-0.25, -0.2) is 0 Å². The quantitative estimate of drug-likeness (QED) is 0.166. The van der Waals surface area contributed by atoms with Crippen LogP contribution in [-0.2, 0) is 0 Å². The molecular formula is C27H52N2. The minimum Gasteiger partial charge on any atom is -0.346 e. The zero-order chi connectivity index (χ0) is 20.8. The SMILES string of the molecule is CCCCCCCCCCCCN1[C]N(CCCCCCCCCCCC)C=C1. The first-order valence-corrected chi connectivity index (χ1v) is 13.3. The molecule has 1 aliphatic heterocycles. The molecule has 29 heavy (non-hydrogen) atoms. The molecule has 0 atom stereocenters. The molecule has 1 aliphatic rings. The van der Waals surface area contributed by atoms with E-state index in [0.29, 0.717) is 0 Å². The summed E-state index contributed by atoms with van der Waals surface area (Å²) in [6.07, 6.45) is 32.6. The van der Waals surface area contributed by atoms with E-state index in [2.05, 4.69) is 42.7 Å². The van der Waals surface area contributed by atoms with Crippen LogP contribution in [0.3, 0.4) is 0 Å². The minimum absolute atomic E-state index is 1.14. The Hall–Kier alpha value is -0.660. The molecule has 0 aliphatic carbocycles. The van der Waals surface area contributed by atoms with E-state index < -0.39 is 0 Å². The molecule has 0 amide bonds. The zero-order valence-electron chi connectivity index (χ0n) is 20.1. The summed E-state index contributed by atoms with van der Waals surface area (Å²) in [5, 5.41) is 0. The molecule has 1 heterocycles. The van der Waals surface area contributed by atoms with Gasteiger partial charge < -0.3 is 9.80 Å². The van der Waals surface area contributed by atoms with Crippen molar-refractivity contribution >= 4 is 0 Å². The van der Waals surface area contributed by atoms with Gasteiger partial charge in [0.25, 0.3) is 0 Å². The van der Waals surface area contributed by atoms with Crippen LogP contribution in [0.5, 0.6) is 0 Å². The van der Waals surface area contributed by atoms with Crippen LogP contribution in [0.2, 0.25) is 0 Å². The van der Waals surface area contributed by atoms with Crippen LogP contribution >= 0.6 is 0 Å². The summed E-state index contributed by atoms with van der Waals surface area (Å²) >= 11 is 0. The third-order valence-electron chi connectivity index (χ3n) is 6.19. The lowest BCUT2D eigenvalue weighted by Gasteiger charge is -2.18. The Morgan fingerprint density at radius 1 is 0.414 bits per heavy atom. The molecule has 0 unspecified atom stereocenters. The van der Waals surface area contributed by atoms with Crippen molar-refractivity contribution in [1.29, 1.82) is 0 Å². The van der Waals surface area contributed by atoms with Gasteiger partial charge in [0.2, 0.25) is 6.67 Å². The predicted octanol–water partition coefficient (Wildman–Crippen LogP) is 8.91. The van der Waals surface area contributed by atoms with Gasteiger partial charge in [0.15, 0.2) is 0 Å². The molecular weight excluding hydrogens is 352 g/mol. The second-order valence-corrected chi connectivity index (χ2v) is 9.15. The largest absolute Gasteiger partial charge is 0.346 e. The summed E-state index contributed by atoms with van der Waals surface area (Å²) in [6, 6.07) is 0. The van der Waals surface area contributed by atoms with Gasteiger partial charge in [0.05, 0.1) is 0 Å². The van der Waals surface area contributed by atoms with Crippen LogP contribution in [0.25, 0.3) is 0 Å². The van der Waals surface area contributed by atoms with Gasteiger partial charge in [0.1, 0.15) is 0 Å². The van der Waals surface area contributed by atoms with Gasteiger partial charge in [-0.3, -0.25) is 0 Å². The van der Waals surface area contributed by atoms with Gasteiger partial charge in [-0.2, -0.15) is 0 Å². The molecule has 0 spiro atoms. The number of nitrogens with zero attached hydrogens (tertiary/aromatic N) is 2. The standard InChI is InChI=1S/C27H52N2/c1-3-5-7-9-11-13-15-17-19-21-23-28-25-26-29(27-28)24-22-20-18-16-14-12-10-8-6-4-2/h25-26H,3-24H2,1-2H3. The van der Waals surface area contributed by atoms with Gasteiger partial charge in [-0.05, 0) is 12.8 Å². The fourth-order valence-electron chi connectivity index (χ4n) is 4.18. The van der Waals surface area contributed by atoms with Gasteiger partial charge in [0, 0.05) is 25.5 Å². The smallest absolute Gasteiger partial charge is 0.207 e. The normalized spacial score (nSPS) is 13.7. The van der Waals surface area contributed by atoms with E-state index in [0.717, 1.165) is 13.1 Å². The summed E-state index contributed by atoms with van der Waals surface area (Å²) in [5.74, 6) is 0. The molecule has 2 heteroatoms. The van der Waals surface area contributed by atoms with Crippen molar-refractivity contribution in [2.24, 2.45) is 0 Å². The monoisotopic (exact) mass is 404 g/mol. The van der Waals surface area contributed by atoms with E-state index in [1.54, 1.807) is 0 Å². The fraction of sp³-hybridized carbons (Fsp3) is 0.889. The number of rotatable bonds is 22. The molecule has 0 aromatic carbocycles. The Morgan fingerprint density at radius 3 is 1.00 bits per heavy atom. The van der Waals surface area contributed by atoms with Crippen molar-refractivity contribution in [3.05, 3.63) is 19.1 Å². The molecule has 2 nitrogen and oxygen atoms in total. The van der Waals surface area contributed by atoms with Crippen molar-refractivity contribution in [2.45, 2.75) is 142 Å². The Bertz CT molecular complexity index is 320. The molecule has 0 N–H and O–H groups in total. The predicted molar refractivity (Wildman–Crippen MR) is 129 cm³/mol. The highest BCUT2D eigenvalue weighted by Gasteiger charge is 2.13. The highest BCUT2D eigenvalue weighted by molar-refractivity contribution is 4.96. The third kappa shape index (κ3) is 16.8. The molecule has 0 aromatic rings. The zero-order valence-corrected chi connectivity index (χ0v) is 20.1. The van der Waals surface area contributed by atoms with E-state index >= 15 is 0 Å². The van der Waals surface area contributed by atoms with Crippen molar-refractivity contribution in [3.63, 3.8) is 0 Å². The summed E-state index contributed by atoms with van der Waals surface area (Å²) in [5.41, 5.74) is 0. The first-order valence-electron chi connectivity index (χ1n) is 13.3. The summed E-state index contributed by atoms with van der Waals surface area (Å²) in [7, 11) is 0. The third-order valence-corrected chi connectivity index (χ3v) is 6.19. The fourth-order valence-corrected chi connectivity index (χ4v) is 4.18. The van der Waals surface area contributed by atoms with E-state index in [4.69, 9.17) is 0 Å². The maximum atomic E-state index is 3.51. The van der Waals surface area contributed by atoms with Gasteiger partial charge in [-0.15, -0.1) is 0 Å². The van der Waals surface area contributed by atoms with E-state index in [1.165, 1.54) is 128 Å². The van der Waals surface area contributed by atoms with Crippen LogP contribution in [-0.4, -0.2) is 22.9 Å². The van der Waals surface area contributed by atoms with E-state index in [-0.39, 0.29) is 0 Å². The second kappa shape index (κ2) is 20.6. The average Bonchev–Trinajstić information content (AvgIpc) is 3.18. The average molecular weight is 405 g/mol. The van der Waals surface area contributed by atoms with Crippen LogP contribution < -0.4 is 0 Å². The Labute approximate surface area is 184 Å². The van der Waals surface area contributed by atoms with Gasteiger partial charge in [-0.1, -0.05) is 129 Å². The van der Waals surface area contributed by atoms with Crippen LogP contribution in [0.1, 0.15) is 142 Å².